The summed E-state index contributed by atoms with van der Waals surface area (Å²) in [6.45, 7) is 3.37. The molecule has 0 atom stereocenters. The number of hydrogen-bond acceptors (Lipinski definition) is 5. The summed E-state index contributed by atoms with van der Waals surface area (Å²) in [6.07, 6.45) is 6.02. The van der Waals surface area contributed by atoms with Gasteiger partial charge in [-0.3, -0.25) is 10.1 Å². The molecule has 0 spiro atoms. The Labute approximate surface area is 152 Å². The van der Waals surface area contributed by atoms with Crippen molar-refractivity contribution in [3.05, 3.63) is 11.1 Å². The SMILES string of the molecule is CN1CCN(C(=O)Cc2csc(NC(=O)NC3CCCCC3)n2)CC1. The van der Waals surface area contributed by atoms with E-state index in [2.05, 4.69) is 27.6 Å². The molecular weight excluding hydrogens is 338 g/mol. The maximum absolute atomic E-state index is 12.3. The summed E-state index contributed by atoms with van der Waals surface area (Å²) in [5.74, 6) is 0.108. The van der Waals surface area contributed by atoms with Gasteiger partial charge in [0, 0.05) is 37.6 Å². The summed E-state index contributed by atoms with van der Waals surface area (Å²) in [7, 11) is 2.07. The fourth-order valence-electron chi connectivity index (χ4n) is 3.33. The van der Waals surface area contributed by atoms with Crippen LogP contribution >= 0.6 is 11.3 Å². The van der Waals surface area contributed by atoms with Crippen molar-refractivity contribution in [2.24, 2.45) is 0 Å². The number of aromatic nitrogens is 1. The van der Waals surface area contributed by atoms with Crippen LogP contribution < -0.4 is 10.6 Å². The summed E-state index contributed by atoms with van der Waals surface area (Å²) >= 11 is 1.37. The van der Waals surface area contributed by atoms with Crippen LogP contribution in [0, 0.1) is 0 Å². The molecule has 2 aliphatic rings. The Bertz CT molecular complexity index is 592. The van der Waals surface area contributed by atoms with Crippen molar-refractivity contribution in [3.8, 4) is 0 Å². The molecule has 1 aromatic rings. The number of thiazole rings is 1. The minimum Gasteiger partial charge on any atom is -0.340 e. The zero-order valence-corrected chi connectivity index (χ0v) is 15.6. The number of nitrogens with one attached hydrogen (secondary N) is 2. The quantitative estimate of drug-likeness (QED) is 0.854. The third-order valence-electron chi connectivity index (χ3n) is 4.90. The van der Waals surface area contributed by atoms with Crippen molar-refractivity contribution in [3.63, 3.8) is 0 Å². The van der Waals surface area contributed by atoms with Crippen LogP contribution in [-0.4, -0.2) is 66.0 Å². The molecule has 0 aromatic carbocycles. The third kappa shape index (κ3) is 5.40. The van der Waals surface area contributed by atoms with E-state index in [-0.39, 0.29) is 18.0 Å². The third-order valence-corrected chi connectivity index (χ3v) is 5.71. The topological polar surface area (TPSA) is 77.6 Å². The molecule has 2 heterocycles. The molecule has 25 heavy (non-hydrogen) atoms. The zero-order chi connectivity index (χ0) is 17.6. The van der Waals surface area contributed by atoms with Gasteiger partial charge in [0.2, 0.25) is 5.91 Å². The molecule has 8 heteroatoms. The molecule has 0 bridgehead atoms. The highest BCUT2D eigenvalue weighted by Crippen LogP contribution is 2.19. The van der Waals surface area contributed by atoms with E-state index in [1.54, 1.807) is 0 Å². The van der Waals surface area contributed by atoms with Crippen molar-refractivity contribution in [2.45, 2.75) is 44.6 Å². The van der Waals surface area contributed by atoms with Crippen LogP contribution in [0.4, 0.5) is 9.93 Å². The first kappa shape index (κ1) is 18.1. The first-order valence-corrected chi connectivity index (χ1v) is 9.96. The van der Waals surface area contributed by atoms with E-state index in [1.807, 2.05) is 10.3 Å². The van der Waals surface area contributed by atoms with Crippen LogP contribution in [0.15, 0.2) is 5.38 Å². The second-order valence-corrected chi connectivity index (χ2v) is 7.80. The van der Waals surface area contributed by atoms with E-state index in [9.17, 15) is 9.59 Å². The number of carbonyl (C=O) groups excluding carboxylic acids is 2. The number of rotatable bonds is 4. The van der Waals surface area contributed by atoms with Gasteiger partial charge < -0.3 is 15.1 Å². The number of hydrogen-bond donors (Lipinski definition) is 2. The van der Waals surface area contributed by atoms with Crippen LogP contribution in [-0.2, 0) is 11.2 Å². The molecular formula is C17H27N5O2S. The summed E-state index contributed by atoms with van der Waals surface area (Å²) < 4.78 is 0. The number of amides is 3. The molecule has 0 unspecified atom stereocenters. The first-order chi connectivity index (χ1) is 12.1. The van der Waals surface area contributed by atoms with Crippen molar-refractivity contribution < 1.29 is 9.59 Å². The molecule has 3 rings (SSSR count). The molecule has 2 N–H and O–H groups in total. The number of urea groups is 1. The predicted molar refractivity (Wildman–Crippen MR) is 98.9 cm³/mol. The lowest BCUT2D eigenvalue weighted by molar-refractivity contribution is -0.132. The molecule has 1 saturated carbocycles. The minimum absolute atomic E-state index is 0.108. The molecule has 3 amide bonds. The lowest BCUT2D eigenvalue weighted by atomic mass is 9.96. The van der Waals surface area contributed by atoms with Gasteiger partial charge in [0.25, 0.3) is 0 Å². The molecule has 1 saturated heterocycles. The first-order valence-electron chi connectivity index (χ1n) is 9.08. The second kappa shape index (κ2) is 8.62. The van der Waals surface area contributed by atoms with Crippen molar-refractivity contribution in [1.29, 1.82) is 0 Å². The van der Waals surface area contributed by atoms with Crippen molar-refractivity contribution >= 4 is 28.4 Å². The largest absolute Gasteiger partial charge is 0.340 e. The lowest BCUT2D eigenvalue weighted by Crippen LogP contribution is -2.47. The Kier molecular flexibility index (Phi) is 6.25. The van der Waals surface area contributed by atoms with Crippen LogP contribution in [0.1, 0.15) is 37.8 Å². The zero-order valence-electron chi connectivity index (χ0n) is 14.8. The maximum Gasteiger partial charge on any atom is 0.321 e. The Hall–Kier alpha value is -1.67. The highest BCUT2D eigenvalue weighted by molar-refractivity contribution is 7.13. The standard InChI is InChI=1S/C17H27N5O2S/c1-21-7-9-22(10-8-21)15(23)11-14-12-25-17(19-14)20-16(24)18-13-5-3-2-4-6-13/h12-13H,2-11H2,1H3,(H2,18,19,20,24). The normalized spacial score (nSPS) is 19.6. The second-order valence-electron chi connectivity index (χ2n) is 6.94. The minimum atomic E-state index is -0.196. The highest BCUT2D eigenvalue weighted by Gasteiger charge is 2.20. The van der Waals surface area contributed by atoms with Gasteiger partial charge in [0.1, 0.15) is 0 Å². The fraction of sp³-hybridized carbons (Fsp3) is 0.706. The van der Waals surface area contributed by atoms with Gasteiger partial charge in [-0.2, -0.15) is 0 Å². The average Bonchev–Trinajstić information content (AvgIpc) is 3.03. The van der Waals surface area contributed by atoms with Gasteiger partial charge in [0.05, 0.1) is 12.1 Å². The van der Waals surface area contributed by atoms with E-state index < -0.39 is 0 Å². The summed E-state index contributed by atoms with van der Waals surface area (Å²) in [5, 5.41) is 8.21. The van der Waals surface area contributed by atoms with Gasteiger partial charge in [0.15, 0.2) is 5.13 Å². The van der Waals surface area contributed by atoms with Crippen molar-refractivity contribution in [1.82, 2.24) is 20.1 Å². The summed E-state index contributed by atoms with van der Waals surface area (Å²) in [5.41, 5.74) is 0.724. The van der Waals surface area contributed by atoms with Gasteiger partial charge in [-0.05, 0) is 19.9 Å². The Morgan fingerprint density at radius 3 is 2.64 bits per heavy atom. The lowest BCUT2D eigenvalue weighted by Gasteiger charge is -2.32. The van der Waals surface area contributed by atoms with Crippen LogP contribution in [0.5, 0.6) is 0 Å². The number of carbonyl (C=O) groups is 2. The Balaban J connectivity index is 1.45. The van der Waals surface area contributed by atoms with Gasteiger partial charge in [-0.15, -0.1) is 11.3 Å². The highest BCUT2D eigenvalue weighted by atomic mass is 32.1. The Morgan fingerprint density at radius 2 is 1.92 bits per heavy atom. The van der Waals surface area contributed by atoms with Crippen LogP contribution in [0.3, 0.4) is 0 Å². The summed E-state index contributed by atoms with van der Waals surface area (Å²) in [4.78, 5) is 32.9. The molecule has 1 aliphatic heterocycles. The van der Waals surface area contributed by atoms with E-state index in [0.717, 1.165) is 44.7 Å². The van der Waals surface area contributed by atoms with Crippen LogP contribution in [0.2, 0.25) is 0 Å². The van der Waals surface area contributed by atoms with Gasteiger partial charge in [-0.25, -0.2) is 9.78 Å². The number of nitrogens with zero attached hydrogens (tertiary/aromatic N) is 3. The number of likely N-dealkylation sites (N-methyl/N-ethyl adjacent to an activating group) is 1. The smallest absolute Gasteiger partial charge is 0.321 e. The predicted octanol–water partition coefficient (Wildman–Crippen LogP) is 1.91. The van der Waals surface area contributed by atoms with Gasteiger partial charge >= 0.3 is 6.03 Å². The molecule has 138 valence electrons. The molecule has 2 fully saturated rings. The van der Waals surface area contributed by atoms with E-state index in [4.69, 9.17) is 0 Å². The van der Waals surface area contributed by atoms with E-state index >= 15 is 0 Å². The monoisotopic (exact) mass is 365 g/mol. The Morgan fingerprint density at radius 1 is 1.20 bits per heavy atom. The fourth-order valence-corrected chi connectivity index (χ4v) is 4.04. The molecule has 1 aromatic heterocycles. The van der Waals surface area contributed by atoms with E-state index in [0.29, 0.717) is 11.6 Å². The van der Waals surface area contributed by atoms with Gasteiger partial charge in [-0.1, -0.05) is 19.3 Å². The van der Waals surface area contributed by atoms with Crippen molar-refractivity contribution in [2.75, 3.05) is 38.5 Å². The molecule has 1 aliphatic carbocycles. The number of anilines is 1. The average molecular weight is 366 g/mol. The number of piperazine rings is 1. The van der Waals surface area contributed by atoms with Crippen LogP contribution in [0.25, 0.3) is 0 Å². The summed E-state index contributed by atoms with van der Waals surface area (Å²) in [6, 6.07) is 0.0742. The van der Waals surface area contributed by atoms with E-state index in [1.165, 1.54) is 30.6 Å². The maximum atomic E-state index is 12.3. The molecule has 7 nitrogen and oxygen atoms in total. The molecule has 0 radical (unpaired) electrons.